The quantitative estimate of drug-likeness (QED) is 0.735. The topological polar surface area (TPSA) is 37.8 Å². The molecule has 0 aliphatic rings. The van der Waals surface area contributed by atoms with Crippen LogP contribution in [0.4, 0.5) is 0 Å². The molecular weight excluding hydrogens is 182 g/mol. The van der Waals surface area contributed by atoms with E-state index >= 15 is 0 Å². The van der Waals surface area contributed by atoms with E-state index in [-0.39, 0.29) is 6.04 Å². The molecule has 72 valence electrons. The van der Waals surface area contributed by atoms with Crippen LogP contribution in [0, 0.1) is 0 Å². The molecule has 13 heavy (non-hydrogen) atoms. The first-order valence-corrected chi connectivity index (χ1v) is 5.19. The summed E-state index contributed by atoms with van der Waals surface area (Å²) in [5.74, 6) is 0. The van der Waals surface area contributed by atoms with Gasteiger partial charge in [0, 0.05) is 0 Å². The maximum atomic E-state index is 3.95. The predicted molar refractivity (Wildman–Crippen MR) is 55.8 cm³/mol. The van der Waals surface area contributed by atoms with Crippen LogP contribution in [0.5, 0.6) is 0 Å². The standard InChI is InChI=1S/C9H15N3S/c1-4-5-10-9(7(2)3)8-6-11-12-13-8/h6,9-10H,2,4-5H2,1,3H3. The highest BCUT2D eigenvalue weighted by Gasteiger charge is 2.12. The summed E-state index contributed by atoms with van der Waals surface area (Å²) in [6.07, 6.45) is 2.92. The van der Waals surface area contributed by atoms with Gasteiger partial charge < -0.3 is 5.32 Å². The zero-order chi connectivity index (χ0) is 9.68. The van der Waals surface area contributed by atoms with Crippen molar-refractivity contribution >= 4 is 11.5 Å². The first-order chi connectivity index (χ1) is 6.25. The highest BCUT2D eigenvalue weighted by Crippen LogP contribution is 2.21. The SMILES string of the molecule is C=C(C)C(NCCC)c1cnns1. The molecule has 3 nitrogen and oxygen atoms in total. The van der Waals surface area contributed by atoms with Crippen molar-refractivity contribution in [1.29, 1.82) is 0 Å². The number of aromatic nitrogens is 2. The maximum Gasteiger partial charge on any atom is 0.0672 e. The van der Waals surface area contributed by atoms with Crippen molar-refractivity contribution in [2.75, 3.05) is 6.54 Å². The lowest BCUT2D eigenvalue weighted by Gasteiger charge is -2.15. The van der Waals surface area contributed by atoms with Crippen molar-refractivity contribution in [2.45, 2.75) is 26.3 Å². The molecule has 0 bridgehead atoms. The number of hydrogen-bond acceptors (Lipinski definition) is 4. The summed E-state index contributed by atoms with van der Waals surface area (Å²) in [6, 6.07) is 0.222. The summed E-state index contributed by atoms with van der Waals surface area (Å²) in [7, 11) is 0. The minimum atomic E-state index is 0.222. The summed E-state index contributed by atoms with van der Waals surface area (Å²) in [5.41, 5.74) is 1.11. The molecule has 4 heteroatoms. The molecule has 0 aromatic carbocycles. The summed E-state index contributed by atoms with van der Waals surface area (Å²) in [4.78, 5) is 1.14. The average molecular weight is 197 g/mol. The molecule has 1 unspecified atom stereocenters. The number of rotatable bonds is 5. The van der Waals surface area contributed by atoms with E-state index in [1.807, 2.05) is 6.92 Å². The minimum absolute atomic E-state index is 0.222. The molecule has 0 spiro atoms. The monoisotopic (exact) mass is 197 g/mol. The van der Waals surface area contributed by atoms with E-state index < -0.39 is 0 Å². The second kappa shape index (κ2) is 5.09. The van der Waals surface area contributed by atoms with Crippen LogP contribution in [0.2, 0.25) is 0 Å². The fourth-order valence-electron chi connectivity index (χ4n) is 1.11. The van der Waals surface area contributed by atoms with Crippen molar-refractivity contribution in [2.24, 2.45) is 0 Å². The Hall–Kier alpha value is -0.740. The van der Waals surface area contributed by atoms with Gasteiger partial charge in [0.05, 0.1) is 17.1 Å². The Balaban J connectivity index is 2.63. The summed E-state index contributed by atoms with van der Waals surface area (Å²) in [6.45, 7) is 9.12. The molecule has 0 saturated heterocycles. The summed E-state index contributed by atoms with van der Waals surface area (Å²) >= 11 is 1.43. The van der Waals surface area contributed by atoms with Crippen LogP contribution < -0.4 is 5.32 Å². The van der Waals surface area contributed by atoms with Crippen LogP contribution in [0.3, 0.4) is 0 Å². The molecule has 0 radical (unpaired) electrons. The molecule has 1 aromatic rings. The summed E-state index contributed by atoms with van der Waals surface area (Å²) in [5, 5.41) is 7.22. The Morgan fingerprint density at radius 2 is 2.54 bits per heavy atom. The molecule has 1 aromatic heterocycles. The van der Waals surface area contributed by atoms with Gasteiger partial charge in [-0.25, -0.2) is 0 Å². The Kier molecular flexibility index (Phi) is 4.05. The zero-order valence-electron chi connectivity index (χ0n) is 8.08. The van der Waals surface area contributed by atoms with Crippen LogP contribution in [-0.4, -0.2) is 16.1 Å². The van der Waals surface area contributed by atoms with Crippen LogP contribution in [-0.2, 0) is 0 Å². The van der Waals surface area contributed by atoms with Crippen molar-refractivity contribution < 1.29 is 0 Å². The van der Waals surface area contributed by atoms with Crippen LogP contribution in [0.1, 0.15) is 31.2 Å². The first-order valence-electron chi connectivity index (χ1n) is 4.41. The zero-order valence-corrected chi connectivity index (χ0v) is 8.90. The molecule has 1 atom stereocenters. The Labute approximate surface area is 83.0 Å². The second-order valence-electron chi connectivity index (χ2n) is 3.05. The average Bonchev–Trinajstić information content (AvgIpc) is 2.57. The van der Waals surface area contributed by atoms with Crippen molar-refractivity contribution in [3.05, 3.63) is 23.2 Å². The second-order valence-corrected chi connectivity index (χ2v) is 3.87. The van der Waals surface area contributed by atoms with Crippen LogP contribution in [0.25, 0.3) is 0 Å². The van der Waals surface area contributed by atoms with E-state index in [2.05, 4.69) is 28.4 Å². The normalized spacial score (nSPS) is 12.8. The van der Waals surface area contributed by atoms with Gasteiger partial charge in [0.15, 0.2) is 0 Å². The van der Waals surface area contributed by atoms with Crippen LogP contribution in [0.15, 0.2) is 18.3 Å². The molecule has 0 aliphatic heterocycles. The number of nitrogens with one attached hydrogen (secondary N) is 1. The van der Waals surface area contributed by atoms with Gasteiger partial charge in [-0.05, 0) is 31.4 Å². The predicted octanol–water partition coefficient (Wildman–Crippen LogP) is 2.15. The minimum Gasteiger partial charge on any atom is -0.306 e. The van der Waals surface area contributed by atoms with E-state index in [0.717, 1.165) is 23.4 Å². The van der Waals surface area contributed by atoms with Gasteiger partial charge in [-0.1, -0.05) is 23.6 Å². The lowest BCUT2D eigenvalue weighted by Crippen LogP contribution is -2.21. The highest BCUT2D eigenvalue weighted by molar-refractivity contribution is 7.05. The summed E-state index contributed by atoms with van der Waals surface area (Å²) < 4.78 is 3.84. The third kappa shape index (κ3) is 2.90. The number of nitrogens with zero attached hydrogens (tertiary/aromatic N) is 2. The van der Waals surface area contributed by atoms with Gasteiger partial charge in [0.1, 0.15) is 0 Å². The third-order valence-electron chi connectivity index (χ3n) is 1.75. The Morgan fingerprint density at radius 1 is 1.77 bits per heavy atom. The molecule has 1 N–H and O–H groups in total. The van der Waals surface area contributed by atoms with E-state index in [1.54, 1.807) is 6.20 Å². The van der Waals surface area contributed by atoms with Gasteiger partial charge in [0.25, 0.3) is 0 Å². The van der Waals surface area contributed by atoms with Crippen molar-refractivity contribution in [3.8, 4) is 0 Å². The molecule has 0 saturated carbocycles. The Morgan fingerprint density at radius 3 is 3.00 bits per heavy atom. The van der Waals surface area contributed by atoms with Gasteiger partial charge in [0.2, 0.25) is 0 Å². The third-order valence-corrected chi connectivity index (χ3v) is 2.48. The van der Waals surface area contributed by atoms with Gasteiger partial charge >= 0.3 is 0 Å². The smallest absolute Gasteiger partial charge is 0.0672 e. The van der Waals surface area contributed by atoms with E-state index in [4.69, 9.17) is 0 Å². The molecule has 0 aliphatic carbocycles. The molecule has 1 heterocycles. The fraction of sp³-hybridized carbons (Fsp3) is 0.556. The van der Waals surface area contributed by atoms with Gasteiger partial charge in [-0.15, -0.1) is 5.10 Å². The molecule has 0 fully saturated rings. The highest BCUT2D eigenvalue weighted by atomic mass is 32.1. The van der Waals surface area contributed by atoms with Crippen LogP contribution >= 0.6 is 11.5 Å². The first kappa shape index (κ1) is 10.3. The van der Waals surface area contributed by atoms with E-state index in [9.17, 15) is 0 Å². The van der Waals surface area contributed by atoms with Crippen molar-refractivity contribution in [3.63, 3.8) is 0 Å². The maximum absolute atomic E-state index is 3.95. The lowest BCUT2D eigenvalue weighted by molar-refractivity contribution is 0.597. The molecule has 1 rings (SSSR count). The largest absolute Gasteiger partial charge is 0.306 e. The number of hydrogen-bond donors (Lipinski definition) is 1. The lowest BCUT2D eigenvalue weighted by atomic mass is 10.1. The fourth-order valence-corrected chi connectivity index (χ4v) is 1.78. The van der Waals surface area contributed by atoms with E-state index in [1.165, 1.54) is 11.5 Å². The molecular formula is C9H15N3S. The van der Waals surface area contributed by atoms with E-state index in [0.29, 0.717) is 0 Å². The molecule has 0 amide bonds. The Bertz CT molecular complexity index is 256. The van der Waals surface area contributed by atoms with Crippen molar-refractivity contribution in [1.82, 2.24) is 14.9 Å². The van der Waals surface area contributed by atoms with Gasteiger partial charge in [-0.2, -0.15) is 0 Å². The van der Waals surface area contributed by atoms with Gasteiger partial charge in [-0.3, -0.25) is 0 Å².